The standard InChI is InChI=1S/C28H36N4O3/c1-2-3-9-25-23(19-27(32-31-25)35-22-12-14-29-15-13-22)20-10-11-26(34-21-7-5-4-6-8-21)24(18-20)28-30-16-17-33-28/h10-11,16-19,21-22,29H,2-9,12-15H2,1H3. The third-order valence-electron chi connectivity index (χ3n) is 6.99. The van der Waals surface area contributed by atoms with Crippen molar-refractivity contribution in [3.8, 4) is 34.2 Å². The molecule has 3 aromatic rings. The van der Waals surface area contributed by atoms with Gasteiger partial charge in [-0.2, -0.15) is 5.10 Å². The first-order valence-electron chi connectivity index (χ1n) is 13.2. The molecule has 1 aliphatic carbocycles. The third kappa shape index (κ3) is 6.01. The Hall–Kier alpha value is -2.93. The number of nitrogens with one attached hydrogen (secondary N) is 1. The van der Waals surface area contributed by atoms with Crippen molar-refractivity contribution in [2.24, 2.45) is 0 Å². The Bertz CT molecular complexity index is 1070. The van der Waals surface area contributed by atoms with Crippen molar-refractivity contribution in [3.63, 3.8) is 0 Å². The van der Waals surface area contributed by atoms with Gasteiger partial charge >= 0.3 is 0 Å². The van der Waals surface area contributed by atoms with E-state index in [1.165, 1.54) is 19.3 Å². The van der Waals surface area contributed by atoms with Crippen LogP contribution in [0.15, 0.2) is 41.1 Å². The van der Waals surface area contributed by atoms with Gasteiger partial charge in [-0.1, -0.05) is 25.8 Å². The van der Waals surface area contributed by atoms with Crippen molar-refractivity contribution in [1.82, 2.24) is 20.5 Å². The van der Waals surface area contributed by atoms with E-state index in [2.05, 4.69) is 51.7 Å². The molecular weight excluding hydrogens is 440 g/mol. The lowest BCUT2D eigenvalue weighted by Gasteiger charge is -2.24. The molecule has 2 aliphatic rings. The zero-order valence-electron chi connectivity index (χ0n) is 20.7. The maximum absolute atomic E-state index is 6.46. The molecule has 186 valence electrons. The molecule has 1 aromatic carbocycles. The minimum atomic E-state index is 0.175. The Kier molecular flexibility index (Phi) is 7.93. The maximum Gasteiger partial charge on any atom is 0.234 e. The molecule has 0 radical (unpaired) electrons. The summed E-state index contributed by atoms with van der Waals surface area (Å²) < 4.78 is 18.4. The first-order valence-corrected chi connectivity index (χ1v) is 13.2. The second-order valence-electron chi connectivity index (χ2n) is 9.64. The molecule has 0 amide bonds. The highest BCUT2D eigenvalue weighted by molar-refractivity contribution is 5.75. The smallest absolute Gasteiger partial charge is 0.234 e. The number of hydrogen-bond donors (Lipinski definition) is 1. The molecule has 0 unspecified atom stereocenters. The van der Waals surface area contributed by atoms with Gasteiger partial charge in [0.2, 0.25) is 11.8 Å². The van der Waals surface area contributed by atoms with Crippen LogP contribution in [0.3, 0.4) is 0 Å². The van der Waals surface area contributed by atoms with E-state index in [-0.39, 0.29) is 12.2 Å². The van der Waals surface area contributed by atoms with E-state index >= 15 is 0 Å². The Morgan fingerprint density at radius 3 is 2.54 bits per heavy atom. The molecular formula is C28H36N4O3. The number of nitrogens with zero attached hydrogens (tertiary/aromatic N) is 3. The molecule has 5 rings (SSSR count). The molecule has 2 aromatic heterocycles. The zero-order chi connectivity index (χ0) is 23.9. The quantitative estimate of drug-likeness (QED) is 0.406. The van der Waals surface area contributed by atoms with Crippen molar-refractivity contribution >= 4 is 0 Å². The number of hydrogen-bond acceptors (Lipinski definition) is 7. The topological polar surface area (TPSA) is 82.3 Å². The van der Waals surface area contributed by atoms with Crippen LogP contribution in [0.25, 0.3) is 22.6 Å². The molecule has 2 fully saturated rings. The number of aromatic nitrogens is 3. The average molecular weight is 477 g/mol. The summed E-state index contributed by atoms with van der Waals surface area (Å²) >= 11 is 0. The lowest BCUT2D eigenvalue weighted by molar-refractivity contribution is 0.154. The van der Waals surface area contributed by atoms with Gasteiger partial charge in [-0.15, -0.1) is 5.10 Å². The molecule has 7 heteroatoms. The summed E-state index contributed by atoms with van der Waals surface area (Å²) in [7, 11) is 0. The molecule has 7 nitrogen and oxygen atoms in total. The SMILES string of the molecule is CCCCc1nnc(OC2CCNCC2)cc1-c1ccc(OC2CCCCC2)c(-c2ncco2)c1. The number of rotatable bonds is 9. The van der Waals surface area contributed by atoms with E-state index < -0.39 is 0 Å². The summed E-state index contributed by atoms with van der Waals surface area (Å²) in [6, 6.07) is 8.34. The first-order chi connectivity index (χ1) is 17.3. The Morgan fingerprint density at radius 2 is 1.77 bits per heavy atom. The summed E-state index contributed by atoms with van der Waals surface area (Å²) in [6.45, 7) is 4.14. The Morgan fingerprint density at radius 1 is 0.943 bits per heavy atom. The van der Waals surface area contributed by atoms with Crippen LogP contribution in [0.5, 0.6) is 11.6 Å². The number of piperidine rings is 1. The lowest BCUT2D eigenvalue weighted by Crippen LogP contribution is -2.34. The van der Waals surface area contributed by atoms with Crippen LogP contribution in [0.2, 0.25) is 0 Å². The van der Waals surface area contributed by atoms with Crippen LogP contribution in [0.4, 0.5) is 0 Å². The Labute approximate surface area is 207 Å². The van der Waals surface area contributed by atoms with Gasteiger partial charge in [0.1, 0.15) is 18.1 Å². The van der Waals surface area contributed by atoms with Crippen molar-refractivity contribution in [2.45, 2.75) is 83.3 Å². The number of aryl methyl sites for hydroxylation is 1. The molecule has 3 heterocycles. The van der Waals surface area contributed by atoms with Gasteiger partial charge in [0.15, 0.2) is 0 Å². The molecule has 0 spiro atoms. The predicted molar refractivity (Wildman–Crippen MR) is 136 cm³/mol. The molecule has 0 atom stereocenters. The van der Waals surface area contributed by atoms with Crippen LogP contribution in [-0.4, -0.2) is 40.5 Å². The van der Waals surface area contributed by atoms with E-state index in [0.29, 0.717) is 11.8 Å². The van der Waals surface area contributed by atoms with Crippen molar-refractivity contribution in [3.05, 3.63) is 42.4 Å². The van der Waals surface area contributed by atoms with Gasteiger partial charge in [-0.3, -0.25) is 0 Å². The molecule has 1 aliphatic heterocycles. The van der Waals surface area contributed by atoms with Gasteiger partial charge in [0.25, 0.3) is 0 Å². The van der Waals surface area contributed by atoms with E-state index in [9.17, 15) is 0 Å². The Balaban J connectivity index is 1.48. The van der Waals surface area contributed by atoms with Crippen LogP contribution in [-0.2, 0) is 6.42 Å². The van der Waals surface area contributed by atoms with E-state index in [1.807, 2.05) is 0 Å². The monoisotopic (exact) mass is 476 g/mol. The second kappa shape index (κ2) is 11.7. The maximum atomic E-state index is 6.46. The fourth-order valence-electron chi connectivity index (χ4n) is 5.01. The van der Waals surface area contributed by atoms with Gasteiger partial charge in [-0.25, -0.2) is 4.98 Å². The van der Waals surface area contributed by atoms with Crippen LogP contribution < -0.4 is 14.8 Å². The summed E-state index contributed by atoms with van der Waals surface area (Å²) in [5.74, 6) is 1.99. The van der Waals surface area contributed by atoms with Gasteiger partial charge in [-0.05, 0) is 82.2 Å². The first kappa shape index (κ1) is 23.8. The minimum Gasteiger partial charge on any atom is -0.490 e. The number of oxazole rings is 1. The van der Waals surface area contributed by atoms with E-state index in [4.69, 9.17) is 13.9 Å². The van der Waals surface area contributed by atoms with Crippen LogP contribution in [0, 0.1) is 0 Å². The fraction of sp³-hybridized carbons (Fsp3) is 0.536. The highest BCUT2D eigenvalue weighted by Gasteiger charge is 2.21. The summed E-state index contributed by atoms with van der Waals surface area (Å²) in [5.41, 5.74) is 3.96. The molecule has 35 heavy (non-hydrogen) atoms. The van der Waals surface area contributed by atoms with Crippen LogP contribution >= 0.6 is 0 Å². The molecule has 1 N–H and O–H groups in total. The number of benzene rings is 1. The van der Waals surface area contributed by atoms with Crippen molar-refractivity contribution in [1.29, 1.82) is 0 Å². The second-order valence-corrected chi connectivity index (χ2v) is 9.64. The lowest BCUT2D eigenvalue weighted by atomic mass is 9.97. The summed E-state index contributed by atoms with van der Waals surface area (Å²) in [6.07, 6.45) is 14.6. The van der Waals surface area contributed by atoms with Gasteiger partial charge < -0.3 is 19.2 Å². The minimum absolute atomic E-state index is 0.175. The average Bonchev–Trinajstić information content (AvgIpc) is 3.44. The number of unbranched alkanes of at least 4 members (excludes halogenated alkanes) is 1. The van der Waals surface area contributed by atoms with Gasteiger partial charge in [0, 0.05) is 11.6 Å². The molecule has 0 bridgehead atoms. The third-order valence-corrected chi connectivity index (χ3v) is 6.99. The predicted octanol–water partition coefficient (Wildman–Crippen LogP) is 5.98. The van der Waals surface area contributed by atoms with Gasteiger partial charge in [0.05, 0.1) is 23.6 Å². The highest BCUT2D eigenvalue weighted by atomic mass is 16.5. The zero-order valence-corrected chi connectivity index (χ0v) is 20.7. The van der Waals surface area contributed by atoms with E-state index in [0.717, 1.165) is 86.2 Å². The largest absolute Gasteiger partial charge is 0.490 e. The molecule has 1 saturated heterocycles. The molecule has 1 saturated carbocycles. The van der Waals surface area contributed by atoms with Crippen molar-refractivity contribution in [2.75, 3.05) is 13.1 Å². The van der Waals surface area contributed by atoms with Crippen molar-refractivity contribution < 1.29 is 13.9 Å². The highest BCUT2D eigenvalue weighted by Crippen LogP contribution is 2.37. The number of ether oxygens (including phenoxy) is 2. The van der Waals surface area contributed by atoms with Crippen LogP contribution in [0.1, 0.15) is 70.4 Å². The van der Waals surface area contributed by atoms with E-state index in [1.54, 1.807) is 12.5 Å². The normalized spacial score (nSPS) is 17.4. The summed E-state index contributed by atoms with van der Waals surface area (Å²) in [5, 5.41) is 12.4. The fourth-order valence-corrected chi connectivity index (χ4v) is 5.01. The summed E-state index contributed by atoms with van der Waals surface area (Å²) in [4.78, 5) is 4.44.